The summed E-state index contributed by atoms with van der Waals surface area (Å²) in [7, 11) is 0. The molecular weight excluding hydrogens is 310 g/mol. The molecule has 2 rings (SSSR count). The van der Waals surface area contributed by atoms with Crippen molar-refractivity contribution in [3.63, 3.8) is 0 Å². The maximum Gasteiger partial charge on any atom is 0.244 e. The van der Waals surface area contributed by atoms with Gasteiger partial charge in [0.15, 0.2) is 0 Å². The first-order valence-corrected chi connectivity index (χ1v) is 8.82. The van der Waals surface area contributed by atoms with Gasteiger partial charge in [0.05, 0.1) is 12.1 Å². The topological polar surface area (TPSA) is 38.3 Å². The van der Waals surface area contributed by atoms with E-state index in [9.17, 15) is 4.79 Å². The van der Waals surface area contributed by atoms with Gasteiger partial charge in [0.2, 0.25) is 5.91 Å². The zero-order valence-corrected chi connectivity index (χ0v) is 15.5. The Morgan fingerprint density at radius 1 is 1.04 bits per heavy atom. The van der Waals surface area contributed by atoms with E-state index in [2.05, 4.69) is 36.5 Å². The summed E-state index contributed by atoms with van der Waals surface area (Å²) in [6.45, 7) is 8.11. The summed E-state index contributed by atoms with van der Waals surface area (Å²) in [6, 6.07) is 16.0. The smallest absolute Gasteiger partial charge is 0.244 e. The molecule has 3 heteroatoms. The predicted octanol–water partition coefficient (Wildman–Crippen LogP) is 4.93. The lowest BCUT2D eigenvalue weighted by atomic mass is 10.0. The van der Waals surface area contributed by atoms with Crippen LogP contribution in [0, 0.1) is 0 Å². The molecule has 0 radical (unpaired) electrons. The van der Waals surface area contributed by atoms with Crippen LogP contribution in [0.25, 0.3) is 6.08 Å². The van der Waals surface area contributed by atoms with Gasteiger partial charge in [-0.05, 0) is 62.1 Å². The van der Waals surface area contributed by atoms with Gasteiger partial charge in [0, 0.05) is 6.08 Å². The number of amides is 1. The van der Waals surface area contributed by atoms with Crippen molar-refractivity contribution in [1.29, 1.82) is 0 Å². The van der Waals surface area contributed by atoms with Gasteiger partial charge in [-0.1, -0.05) is 43.3 Å². The van der Waals surface area contributed by atoms with Crippen molar-refractivity contribution in [1.82, 2.24) is 5.32 Å². The number of carbonyl (C=O) groups excluding carboxylic acids is 1. The van der Waals surface area contributed by atoms with Crippen LogP contribution in [0.1, 0.15) is 50.4 Å². The summed E-state index contributed by atoms with van der Waals surface area (Å²) in [5.41, 5.74) is 3.37. The lowest BCUT2D eigenvalue weighted by Gasteiger charge is -2.13. The molecule has 0 heterocycles. The number of ether oxygens (including phenoxy) is 1. The molecule has 0 aliphatic heterocycles. The lowest BCUT2D eigenvalue weighted by Crippen LogP contribution is -2.24. The maximum absolute atomic E-state index is 12.1. The third-order valence-electron chi connectivity index (χ3n) is 3.93. The van der Waals surface area contributed by atoms with Gasteiger partial charge < -0.3 is 10.1 Å². The van der Waals surface area contributed by atoms with Crippen LogP contribution < -0.4 is 10.1 Å². The Morgan fingerprint density at radius 2 is 1.68 bits per heavy atom. The molecule has 0 aliphatic carbocycles. The second-order valence-corrected chi connectivity index (χ2v) is 6.39. The van der Waals surface area contributed by atoms with Crippen molar-refractivity contribution < 1.29 is 9.53 Å². The average molecular weight is 337 g/mol. The molecule has 0 aromatic heterocycles. The Kier molecular flexibility index (Phi) is 6.81. The van der Waals surface area contributed by atoms with E-state index < -0.39 is 0 Å². The number of aryl methyl sites for hydroxylation is 1. The third-order valence-corrected chi connectivity index (χ3v) is 3.93. The molecule has 0 saturated heterocycles. The molecule has 0 spiro atoms. The number of hydrogen-bond donors (Lipinski definition) is 1. The minimum atomic E-state index is -0.102. The van der Waals surface area contributed by atoms with Crippen LogP contribution in [0.3, 0.4) is 0 Å². The minimum Gasteiger partial charge on any atom is -0.491 e. The van der Waals surface area contributed by atoms with Crippen molar-refractivity contribution in [3.05, 3.63) is 71.3 Å². The van der Waals surface area contributed by atoms with Crippen LogP contribution in [-0.2, 0) is 11.2 Å². The fourth-order valence-electron chi connectivity index (χ4n) is 2.49. The normalized spacial score (nSPS) is 12.4. The summed E-state index contributed by atoms with van der Waals surface area (Å²) in [5, 5.41) is 2.99. The molecule has 1 N–H and O–H groups in total. The minimum absolute atomic E-state index is 0.0233. The summed E-state index contributed by atoms with van der Waals surface area (Å²) in [5.74, 6) is 0.732. The summed E-state index contributed by atoms with van der Waals surface area (Å²) >= 11 is 0. The van der Waals surface area contributed by atoms with Crippen molar-refractivity contribution >= 4 is 12.0 Å². The Morgan fingerprint density at radius 3 is 2.24 bits per heavy atom. The van der Waals surface area contributed by atoms with E-state index in [0.717, 1.165) is 23.3 Å². The van der Waals surface area contributed by atoms with Gasteiger partial charge in [0.25, 0.3) is 0 Å². The number of carbonyl (C=O) groups is 1. The molecule has 0 saturated carbocycles. The molecule has 0 bridgehead atoms. The monoisotopic (exact) mass is 337 g/mol. The summed E-state index contributed by atoms with van der Waals surface area (Å²) in [6.07, 6.45) is 4.54. The highest BCUT2D eigenvalue weighted by Gasteiger charge is 2.07. The van der Waals surface area contributed by atoms with Gasteiger partial charge in [0.1, 0.15) is 5.75 Å². The van der Waals surface area contributed by atoms with Gasteiger partial charge in [-0.25, -0.2) is 0 Å². The zero-order valence-electron chi connectivity index (χ0n) is 15.5. The van der Waals surface area contributed by atoms with Crippen LogP contribution in [0.15, 0.2) is 54.6 Å². The molecule has 1 unspecified atom stereocenters. The Labute approximate surface area is 150 Å². The quantitative estimate of drug-likeness (QED) is 0.728. The Bertz CT molecular complexity index is 700. The van der Waals surface area contributed by atoms with Gasteiger partial charge in [-0.3, -0.25) is 4.79 Å². The Balaban J connectivity index is 1.90. The molecule has 1 amide bonds. The molecule has 2 aromatic rings. The van der Waals surface area contributed by atoms with E-state index in [-0.39, 0.29) is 18.1 Å². The highest BCUT2D eigenvalue weighted by atomic mass is 16.5. The second-order valence-electron chi connectivity index (χ2n) is 6.39. The number of rotatable bonds is 7. The molecule has 1 atom stereocenters. The summed E-state index contributed by atoms with van der Waals surface area (Å²) < 4.78 is 5.61. The van der Waals surface area contributed by atoms with E-state index in [0.29, 0.717) is 0 Å². The van der Waals surface area contributed by atoms with Crippen LogP contribution >= 0.6 is 0 Å². The van der Waals surface area contributed by atoms with Crippen LogP contribution in [0.2, 0.25) is 0 Å². The van der Waals surface area contributed by atoms with Crippen molar-refractivity contribution in [2.24, 2.45) is 0 Å². The highest BCUT2D eigenvalue weighted by molar-refractivity contribution is 5.91. The van der Waals surface area contributed by atoms with E-state index in [4.69, 9.17) is 4.74 Å². The number of benzene rings is 2. The first-order chi connectivity index (χ1) is 12.0. The first kappa shape index (κ1) is 18.8. The Hall–Kier alpha value is -2.55. The van der Waals surface area contributed by atoms with Crippen LogP contribution in [0.5, 0.6) is 5.75 Å². The fraction of sp³-hybridized carbons (Fsp3) is 0.318. The molecular formula is C22H27NO2. The molecule has 132 valence electrons. The SMILES string of the molecule is CCc1ccc(C(C)NC(=O)C=Cc2ccc(OC(C)C)cc2)cc1. The van der Waals surface area contributed by atoms with Crippen LogP contribution in [-0.4, -0.2) is 12.0 Å². The zero-order chi connectivity index (χ0) is 18.2. The highest BCUT2D eigenvalue weighted by Crippen LogP contribution is 2.16. The van der Waals surface area contributed by atoms with Crippen molar-refractivity contribution in [2.45, 2.75) is 46.3 Å². The van der Waals surface area contributed by atoms with Gasteiger partial charge in [-0.2, -0.15) is 0 Å². The first-order valence-electron chi connectivity index (χ1n) is 8.82. The average Bonchev–Trinajstić information content (AvgIpc) is 2.60. The van der Waals surface area contributed by atoms with Gasteiger partial charge >= 0.3 is 0 Å². The molecule has 2 aromatic carbocycles. The number of hydrogen-bond acceptors (Lipinski definition) is 2. The molecule has 3 nitrogen and oxygen atoms in total. The van der Waals surface area contributed by atoms with E-state index in [1.54, 1.807) is 12.2 Å². The van der Waals surface area contributed by atoms with E-state index in [1.165, 1.54) is 5.56 Å². The molecule has 25 heavy (non-hydrogen) atoms. The largest absolute Gasteiger partial charge is 0.491 e. The standard InChI is InChI=1S/C22H27NO2/c1-5-18-6-11-20(12-7-18)17(4)23-22(24)15-10-19-8-13-21(14-9-19)25-16(2)3/h6-17H,5H2,1-4H3,(H,23,24). The van der Waals surface area contributed by atoms with Crippen molar-refractivity contribution in [2.75, 3.05) is 0 Å². The molecule has 0 fully saturated rings. The fourth-order valence-corrected chi connectivity index (χ4v) is 2.49. The number of nitrogens with one attached hydrogen (secondary N) is 1. The van der Waals surface area contributed by atoms with Crippen molar-refractivity contribution in [3.8, 4) is 5.75 Å². The summed E-state index contributed by atoms with van der Waals surface area (Å²) in [4.78, 5) is 12.1. The maximum atomic E-state index is 12.1. The van der Waals surface area contributed by atoms with Crippen LogP contribution in [0.4, 0.5) is 0 Å². The van der Waals surface area contributed by atoms with E-state index in [1.807, 2.05) is 45.0 Å². The molecule has 0 aliphatic rings. The third kappa shape index (κ3) is 6.11. The van der Waals surface area contributed by atoms with E-state index >= 15 is 0 Å². The second kappa shape index (κ2) is 9.07. The predicted molar refractivity (Wildman–Crippen MR) is 104 cm³/mol. The van der Waals surface area contributed by atoms with Gasteiger partial charge in [-0.15, -0.1) is 0 Å². The lowest BCUT2D eigenvalue weighted by molar-refractivity contribution is -0.117.